The lowest BCUT2D eigenvalue weighted by atomic mass is 10.1. The summed E-state index contributed by atoms with van der Waals surface area (Å²) in [5.41, 5.74) is 2.40. The van der Waals surface area contributed by atoms with Crippen molar-refractivity contribution in [1.29, 1.82) is 0 Å². The fraction of sp³-hybridized carbons (Fsp3) is 0.118. The lowest BCUT2D eigenvalue weighted by Gasteiger charge is -2.08. The quantitative estimate of drug-likeness (QED) is 0.741. The maximum atomic E-state index is 12.0. The molecular formula is C17H13N3O3. The van der Waals surface area contributed by atoms with Gasteiger partial charge in [-0.1, -0.05) is 0 Å². The summed E-state index contributed by atoms with van der Waals surface area (Å²) < 4.78 is 12.1. The molecule has 3 heterocycles. The number of rotatable bonds is 3. The number of fused-ring (bicyclic) bond motifs is 1. The monoisotopic (exact) mass is 307 g/mol. The van der Waals surface area contributed by atoms with Crippen LogP contribution in [0.5, 0.6) is 11.5 Å². The number of benzene rings is 1. The molecule has 0 spiro atoms. The number of nitrogens with zero attached hydrogens (tertiary/aromatic N) is 3. The van der Waals surface area contributed by atoms with Crippen LogP contribution in [-0.4, -0.2) is 21.6 Å². The number of hydrogen-bond donors (Lipinski definition) is 0. The van der Waals surface area contributed by atoms with E-state index >= 15 is 0 Å². The Morgan fingerprint density at radius 2 is 1.83 bits per heavy atom. The fourth-order valence-corrected chi connectivity index (χ4v) is 2.43. The van der Waals surface area contributed by atoms with Gasteiger partial charge in [-0.15, -0.1) is 0 Å². The average Bonchev–Trinajstić information content (AvgIpc) is 3.05. The minimum atomic E-state index is -0.147. The Balaban J connectivity index is 1.70. The highest BCUT2D eigenvalue weighted by atomic mass is 16.7. The predicted molar refractivity (Wildman–Crippen MR) is 83.4 cm³/mol. The van der Waals surface area contributed by atoms with Gasteiger partial charge in [0.15, 0.2) is 11.5 Å². The molecule has 1 aliphatic heterocycles. The molecule has 114 valence electrons. The highest BCUT2D eigenvalue weighted by Gasteiger charge is 2.14. The van der Waals surface area contributed by atoms with Crippen molar-refractivity contribution in [1.82, 2.24) is 14.8 Å². The maximum Gasteiger partial charge on any atom is 0.267 e. The predicted octanol–water partition coefficient (Wildman–Crippen LogP) is 2.08. The van der Waals surface area contributed by atoms with Crippen LogP contribution in [0.25, 0.3) is 11.3 Å². The van der Waals surface area contributed by atoms with Gasteiger partial charge < -0.3 is 9.47 Å². The zero-order valence-electron chi connectivity index (χ0n) is 12.2. The standard InChI is InChI=1S/C17H13N3O3/c21-17-4-2-14(13-1-3-15-16(9-13)23-11-22-15)19-20(17)10-12-5-7-18-8-6-12/h1-9H,10-11H2. The van der Waals surface area contributed by atoms with Crippen molar-refractivity contribution < 1.29 is 9.47 Å². The smallest absolute Gasteiger partial charge is 0.267 e. The van der Waals surface area contributed by atoms with Crippen LogP contribution in [0.2, 0.25) is 0 Å². The van der Waals surface area contributed by atoms with Crippen molar-refractivity contribution in [3.63, 3.8) is 0 Å². The van der Waals surface area contributed by atoms with Gasteiger partial charge in [-0.25, -0.2) is 4.68 Å². The SMILES string of the molecule is O=c1ccc(-c2ccc3c(c2)OCO3)nn1Cc1ccncc1. The van der Waals surface area contributed by atoms with E-state index in [0.29, 0.717) is 18.0 Å². The molecule has 1 aromatic carbocycles. The molecule has 0 amide bonds. The molecule has 4 rings (SSSR count). The summed E-state index contributed by atoms with van der Waals surface area (Å²) in [6.07, 6.45) is 3.39. The van der Waals surface area contributed by atoms with E-state index in [9.17, 15) is 4.79 Å². The molecule has 0 atom stereocenters. The summed E-state index contributed by atoms with van der Waals surface area (Å²) in [5, 5.41) is 4.45. The topological polar surface area (TPSA) is 66.2 Å². The van der Waals surface area contributed by atoms with E-state index in [-0.39, 0.29) is 12.4 Å². The Morgan fingerprint density at radius 1 is 1.00 bits per heavy atom. The molecule has 6 nitrogen and oxygen atoms in total. The van der Waals surface area contributed by atoms with E-state index in [1.165, 1.54) is 10.7 Å². The maximum absolute atomic E-state index is 12.0. The van der Waals surface area contributed by atoms with Crippen LogP contribution in [0.15, 0.2) is 59.7 Å². The van der Waals surface area contributed by atoms with Crippen molar-refractivity contribution in [3.05, 3.63) is 70.8 Å². The van der Waals surface area contributed by atoms with Gasteiger partial charge in [0.25, 0.3) is 5.56 Å². The average molecular weight is 307 g/mol. The zero-order chi connectivity index (χ0) is 15.6. The molecular weight excluding hydrogens is 294 g/mol. The Labute approximate surface area is 131 Å². The molecule has 0 N–H and O–H groups in total. The van der Waals surface area contributed by atoms with Crippen molar-refractivity contribution in [3.8, 4) is 22.8 Å². The van der Waals surface area contributed by atoms with Crippen molar-refractivity contribution in [2.45, 2.75) is 6.54 Å². The molecule has 0 saturated carbocycles. The lowest BCUT2D eigenvalue weighted by Crippen LogP contribution is -2.22. The van der Waals surface area contributed by atoms with Crippen LogP contribution in [0.3, 0.4) is 0 Å². The summed E-state index contributed by atoms with van der Waals surface area (Å²) in [6.45, 7) is 0.632. The minimum absolute atomic E-state index is 0.147. The van der Waals surface area contributed by atoms with Crippen molar-refractivity contribution in [2.75, 3.05) is 6.79 Å². The first kappa shape index (κ1) is 13.5. The van der Waals surface area contributed by atoms with E-state index in [1.54, 1.807) is 18.5 Å². The van der Waals surface area contributed by atoms with E-state index in [2.05, 4.69) is 10.1 Å². The van der Waals surface area contributed by atoms with Crippen LogP contribution in [0, 0.1) is 0 Å². The summed E-state index contributed by atoms with van der Waals surface area (Å²) in [6, 6.07) is 12.6. The van der Waals surface area contributed by atoms with E-state index in [1.807, 2.05) is 30.3 Å². The lowest BCUT2D eigenvalue weighted by molar-refractivity contribution is 0.174. The molecule has 6 heteroatoms. The number of pyridine rings is 1. The second-order valence-electron chi connectivity index (χ2n) is 5.14. The van der Waals surface area contributed by atoms with Crippen LogP contribution in [-0.2, 0) is 6.54 Å². The number of ether oxygens (including phenoxy) is 2. The second kappa shape index (κ2) is 5.57. The van der Waals surface area contributed by atoms with Crippen molar-refractivity contribution in [2.24, 2.45) is 0 Å². The third kappa shape index (κ3) is 2.66. The van der Waals surface area contributed by atoms with Crippen LogP contribution < -0.4 is 15.0 Å². The van der Waals surface area contributed by atoms with E-state index in [4.69, 9.17) is 9.47 Å². The largest absolute Gasteiger partial charge is 0.454 e. The Hall–Kier alpha value is -3.15. The summed E-state index contributed by atoms with van der Waals surface area (Å²) in [7, 11) is 0. The molecule has 0 radical (unpaired) electrons. The first-order chi connectivity index (χ1) is 11.3. The summed E-state index contributed by atoms with van der Waals surface area (Å²) in [4.78, 5) is 16.0. The molecule has 1 aliphatic rings. The van der Waals surface area contributed by atoms with Gasteiger partial charge in [0.2, 0.25) is 6.79 Å². The first-order valence-corrected chi connectivity index (χ1v) is 7.17. The summed E-state index contributed by atoms with van der Waals surface area (Å²) in [5.74, 6) is 1.41. The highest BCUT2D eigenvalue weighted by molar-refractivity contribution is 5.63. The molecule has 2 aromatic heterocycles. The molecule has 23 heavy (non-hydrogen) atoms. The summed E-state index contributed by atoms with van der Waals surface area (Å²) >= 11 is 0. The van der Waals surface area contributed by atoms with Gasteiger partial charge in [-0.05, 0) is 42.0 Å². The second-order valence-corrected chi connectivity index (χ2v) is 5.14. The first-order valence-electron chi connectivity index (χ1n) is 7.17. The number of aromatic nitrogens is 3. The van der Waals surface area contributed by atoms with Gasteiger partial charge in [0.05, 0.1) is 12.2 Å². The fourth-order valence-electron chi connectivity index (χ4n) is 2.43. The van der Waals surface area contributed by atoms with Crippen LogP contribution in [0.4, 0.5) is 0 Å². The molecule has 0 saturated heterocycles. The van der Waals surface area contributed by atoms with Gasteiger partial charge in [-0.3, -0.25) is 9.78 Å². The van der Waals surface area contributed by atoms with Gasteiger partial charge in [0, 0.05) is 24.0 Å². The van der Waals surface area contributed by atoms with E-state index in [0.717, 1.165) is 16.9 Å². The molecule has 3 aromatic rings. The molecule has 0 bridgehead atoms. The van der Waals surface area contributed by atoms with Gasteiger partial charge in [0.1, 0.15) is 0 Å². The molecule has 0 unspecified atom stereocenters. The van der Waals surface area contributed by atoms with Crippen molar-refractivity contribution >= 4 is 0 Å². The van der Waals surface area contributed by atoms with E-state index < -0.39 is 0 Å². The van der Waals surface area contributed by atoms with Crippen LogP contribution in [0.1, 0.15) is 5.56 Å². The highest BCUT2D eigenvalue weighted by Crippen LogP contribution is 2.35. The van der Waals surface area contributed by atoms with Gasteiger partial charge in [-0.2, -0.15) is 5.10 Å². The van der Waals surface area contributed by atoms with Gasteiger partial charge >= 0.3 is 0 Å². The minimum Gasteiger partial charge on any atom is -0.454 e. The Morgan fingerprint density at radius 3 is 2.70 bits per heavy atom. The zero-order valence-corrected chi connectivity index (χ0v) is 12.2. The molecule has 0 fully saturated rings. The number of hydrogen-bond acceptors (Lipinski definition) is 5. The van der Waals surface area contributed by atoms with Crippen LogP contribution >= 0.6 is 0 Å². The normalized spacial score (nSPS) is 12.3. The third-order valence-electron chi connectivity index (χ3n) is 3.62. The Bertz CT molecular complexity index is 906. The third-order valence-corrected chi connectivity index (χ3v) is 3.62. The Kier molecular flexibility index (Phi) is 3.27. The molecule has 0 aliphatic carbocycles.